The standard InChI is InChI=1S/C50H60O10/c1-4-46(51)57-32-6-8-35-10-14-37(15-11-35)18-20-39-22-26-41(27-23-39)49(54)59-44-31-30-43(48(53)56-3)34-45(44)60-50(55)42-28-24-40(25-29-42)21-19-38-16-12-36(13-17-38)9-7-33-58-47(52)5-2/h4-5,22-31,34-38H,1-2,6-21,32-33H2,3H3/t35-,36-,37-,38-. The van der Waals surface area contributed by atoms with Gasteiger partial charge in [0, 0.05) is 12.2 Å². The van der Waals surface area contributed by atoms with Crippen molar-refractivity contribution in [1.29, 1.82) is 0 Å². The summed E-state index contributed by atoms with van der Waals surface area (Å²) in [5.74, 6) is -0.00953. The molecule has 10 nitrogen and oxygen atoms in total. The van der Waals surface area contributed by atoms with Gasteiger partial charge in [0.2, 0.25) is 0 Å². The highest BCUT2D eigenvalue weighted by molar-refractivity contribution is 5.95. The van der Waals surface area contributed by atoms with Crippen LogP contribution < -0.4 is 9.47 Å². The van der Waals surface area contributed by atoms with Crippen molar-refractivity contribution in [3.63, 3.8) is 0 Å². The number of carbonyl (C=O) groups is 5. The van der Waals surface area contributed by atoms with Crippen LogP contribution in [0.15, 0.2) is 92.0 Å². The van der Waals surface area contributed by atoms with Crippen LogP contribution in [-0.2, 0) is 36.6 Å². The highest BCUT2D eigenvalue weighted by Crippen LogP contribution is 2.36. The van der Waals surface area contributed by atoms with Crippen LogP contribution in [0.3, 0.4) is 0 Å². The van der Waals surface area contributed by atoms with Gasteiger partial charge in [0.25, 0.3) is 0 Å². The maximum Gasteiger partial charge on any atom is 0.343 e. The summed E-state index contributed by atoms with van der Waals surface area (Å²) < 4.78 is 26.5. The van der Waals surface area contributed by atoms with Crippen molar-refractivity contribution < 1.29 is 47.7 Å². The quantitative estimate of drug-likeness (QED) is 0.0336. The molecule has 0 aliphatic heterocycles. The molecular formula is C50H60O10. The Morgan fingerprint density at radius 2 is 0.900 bits per heavy atom. The number of methoxy groups -OCH3 is 1. The van der Waals surface area contributed by atoms with Crippen LogP contribution in [0, 0.1) is 23.7 Å². The van der Waals surface area contributed by atoms with E-state index >= 15 is 0 Å². The summed E-state index contributed by atoms with van der Waals surface area (Å²) in [5, 5.41) is 0. The lowest BCUT2D eigenvalue weighted by molar-refractivity contribution is -0.138. The van der Waals surface area contributed by atoms with Crippen molar-refractivity contribution in [2.75, 3.05) is 20.3 Å². The van der Waals surface area contributed by atoms with Gasteiger partial charge in [0.15, 0.2) is 11.5 Å². The summed E-state index contributed by atoms with van der Waals surface area (Å²) >= 11 is 0. The Labute approximate surface area is 354 Å². The zero-order valence-corrected chi connectivity index (χ0v) is 35.0. The molecule has 5 rings (SSSR count). The smallest absolute Gasteiger partial charge is 0.343 e. The van der Waals surface area contributed by atoms with Gasteiger partial charge in [0.05, 0.1) is 37.0 Å². The summed E-state index contributed by atoms with van der Waals surface area (Å²) in [5.41, 5.74) is 3.09. The molecule has 0 N–H and O–H groups in total. The summed E-state index contributed by atoms with van der Waals surface area (Å²) in [6.07, 6.45) is 19.8. The first kappa shape index (κ1) is 45.6. The number of hydrogen-bond donors (Lipinski definition) is 0. The second-order valence-corrected chi connectivity index (χ2v) is 16.2. The molecule has 2 aliphatic rings. The molecule has 0 bridgehead atoms. The van der Waals surface area contributed by atoms with Crippen LogP contribution in [-0.4, -0.2) is 50.2 Å². The van der Waals surface area contributed by atoms with Gasteiger partial charge in [-0.05, 0) is 129 Å². The van der Waals surface area contributed by atoms with Gasteiger partial charge >= 0.3 is 29.8 Å². The fraction of sp³-hybridized carbons (Fsp3) is 0.460. The molecule has 0 aromatic heterocycles. The second kappa shape index (κ2) is 23.9. The van der Waals surface area contributed by atoms with E-state index in [-0.39, 0.29) is 29.0 Å². The largest absolute Gasteiger partial charge is 0.465 e. The van der Waals surface area contributed by atoms with Crippen molar-refractivity contribution in [3.05, 3.63) is 120 Å². The van der Waals surface area contributed by atoms with Gasteiger partial charge in [-0.15, -0.1) is 0 Å². The zero-order valence-electron chi connectivity index (χ0n) is 35.0. The Morgan fingerprint density at radius 3 is 1.30 bits per heavy atom. The normalized spacial score (nSPS) is 18.7. The maximum absolute atomic E-state index is 13.4. The molecule has 2 fully saturated rings. The van der Waals surface area contributed by atoms with Gasteiger partial charge < -0.3 is 23.7 Å². The van der Waals surface area contributed by atoms with Crippen LogP contribution in [0.1, 0.15) is 132 Å². The highest BCUT2D eigenvalue weighted by Gasteiger charge is 2.23. The molecule has 0 atom stereocenters. The first-order chi connectivity index (χ1) is 29.1. The number of hydrogen-bond acceptors (Lipinski definition) is 10. The van der Waals surface area contributed by atoms with Gasteiger partial charge in [-0.2, -0.15) is 0 Å². The van der Waals surface area contributed by atoms with E-state index in [0.29, 0.717) is 48.0 Å². The Balaban J connectivity index is 1.08. The fourth-order valence-corrected chi connectivity index (χ4v) is 8.42. The van der Waals surface area contributed by atoms with E-state index in [9.17, 15) is 24.0 Å². The van der Waals surface area contributed by atoms with Gasteiger partial charge in [0.1, 0.15) is 0 Å². The third kappa shape index (κ3) is 14.6. The number of ether oxygens (including phenoxy) is 5. The van der Waals surface area contributed by atoms with Crippen molar-refractivity contribution in [2.45, 2.75) is 103 Å². The monoisotopic (exact) mass is 820 g/mol. The van der Waals surface area contributed by atoms with Crippen LogP contribution in [0.4, 0.5) is 0 Å². The Bertz CT molecular complexity index is 1900. The predicted molar refractivity (Wildman–Crippen MR) is 229 cm³/mol. The van der Waals surface area contributed by atoms with E-state index in [1.54, 1.807) is 24.3 Å². The Kier molecular flexibility index (Phi) is 18.2. The minimum atomic E-state index is -0.650. The molecule has 0 heterocycles. The predicted octanol–water partition coefficient (Wildman–Crippen LogP) is 10.4. The lowest BCUT2D eigenvalue weighted by atomic mass is 9.78. The zero-order chi connectivity index (χ0) is 42.7. The molecule has 2 saturated carbocycles. The van der Waals surface area contributed by atoms with E-state index in [1.165, 1.54) is 88.8 Å². The lowest BCUT2D eigenvalue weighted by Crippen LogP contribution is -2.16. The van der Waals surface area contributed by atoms with Crippen LogP contribution in [0.25, 0.3) is 0 Å². The highest BCUT2D eigenvalue weighted by atomic mass is 16.6. The van der Waals surface area contributed by atoms with E-state index < -0.39 is 17.9 Å². The van der Waals surface area contributed by atoms with Gasteiger partial charge in [-0.3, -0.25) is 0 Å². The first-order valence-electron chi connectivity index (χ1n) is 21.6. The van der Waals surface area contributed by atoms with E-state index in [1.807, 2.05) is 24.3 Å². The fourth-order valence-electron chi connectivity index (χ4n) is 8.42. The third-order valence-electron chi connectivity index (χ3n) is 12.1. The number of benzene rings is 3. The summed E-state index contributed by atoms with van der Waals surface area (Å²) in [4.78, 5) is 61.5. The molecule has 60 heavy (non-hydrogen) atoms. The molecule has 0 saturated heterocycles. The molecule has 2 aliphatic carbocycles. The summed E-state index contributed by atoms with van der Waals surface area (Å²) in [6, 6.07) is 18.9. The molecule has 0 amide bonds. The molecule has 0 spiro atoms. The van der Waals surface area contributed by atoms with Gasteiger partial charge in [-0.1, -0.05) is 88.8 Å². The van der Waals surface area contributed by atoms with E-state index in [4.69, 9.17) is 23.7 Å². The van der Waals surface area contributed by atoms with E-state index in [2.05, 4.69) is 13.2 Å². The third-order valence-corrected chi connectivity index (χ3v) is 12.1. The maximum atomic E-state index is 13.4. The molecule has 3 aromatic carbocycles. The lowest BCUT2D eigenvalue weighted by Gasteiger charge is -2.28. The molecule has 0 unspecified atom stereocenters. The summed E-state index contributed by atoms with van der Waals surface area (Å²) in [7, 11) is 1.26. The Hall–Kier alpha value is -5.51. The number of esters is 5. The van der Waals surface area contributed by atoms with Crippen molar-refractivity contribution in [3.8, 4) is 11.5 Å². The average molecular weight is 821 g/mol. The van der Waals surface area contributed by atoms with E-state index in [0.717, 1.165) is 62.5 Å². The summed E-state index contributed by atoms with van der Waals surface area (Å²) in [6.45, 7) is 7.75. The molecule has 0 radical (unpaired) electrons. The SMILES string of the molecule is C=CC(=O)OCCC[C@H]1CC[C@H](CCc2ccc(C(=O)Oc3ccc(C(=O)OC)cc3OC(=O)c3ccc(CC[C@H]4CC[C@H](CCCOC(=O)C=C)CC4)cc3)cc2)CC1. The number of aryl methyl sites for hydroxylation is 2. The molecular weight excluding hydrogens is 761 g/mol. The van der Waals surface area contributed by atoms with Gasteiger partial charge in [-0.25, -0.2) is 24.0 Å². The molecule has 10 heteroatoms. The van der Waals surface area contributed by atoms with Crippen LogP contribution in [0.2, 0.25) is 0 Å². The van der Waals surface area contributed by atoms with Crippen LogP contribution in [0.5, 0.6) is 11.5 Å². The average Bonchev–Trinajstić information content (AvgIpc) is 3.28. The number of carbonyl (C=O) groups excluding carboxylic acids is 5. The second-order valence-electron chi connectivity index (χ2n) is 16.2. The first-order valence-corrected chi connectivity index (χ1v) is 21.6. The number of rotatable bonds is 21. The molecule has 3 aromatic rings. The molecule has 320 valence electrons. The Morgan fingerprint density at radius 1 is 0.517 bits per heavy atom. The van der Waals surface area contributed by atoms with Crippen molar-refractivity contribution in [2.24, 2.45) is 23.7 Å². The minimum Gasteiger partial charge on any atom is -0.465 e. The van der Waals surface area contributed by atoms with Crippen molar-refractivity contribution in [1.82, 2.24) is 0 Å². The van der Waals surface area contributed by atoms with Crippen LogP contribution >= 0.6 is 0 Å². The minimum absolute atomic E-state index is 0.000862. The van der Waals surface area contributed by atoms with Crippen molar-refractivity contribution >= 4 is 29.8 Å². The topological polar surface area (TPSA) is 132 Å².